The van der Waals surface area contributed by atoms with Gasteiger partial charge in [0.25, 0.3) is 0 Å². The summed E-state index contributed by atoms with van der Waals surface area (Å²) in [6.07, 6.45) is 9.59. The Hall–Kier alpha value is -2.01. The topological polar surface area (TPSA) is 45.2 Å². The van der Waals surface area contributed by atoms with E-state index in [0.717, 1.165) is 25.5 Å². The molecule has 0 spiro atoms. The maximum Gasteiger partial charge on any atom is 0.131 e. The Balaban J connectivity index is 1.63. The molecule has 0 N–H and O–H groups in total. The Kier molecular flexibility index (Phi) is 4.40. The molecule has 0 aromatic carbocycles. The molecular formula is C16H21N5. The van der Waals surface area contributed by atoms with E-state index in [4.69, 9.17) is 0 Å². The average molecular weight is 283 g/mol. The molecule has 1 aliphatic rings. The summed E-state index contributed by atoms with van der Waals surface area (Å²) in [7, 11) is 2.13. The van der Waals surface area contributed by atoms with Gasteiger partial charge in [0, 0.05) is 44.8 Å². The summed E-state index contributed by atoms with van der Waals surface area (Å²) >= 11 is 0. The zero-order chi connectivity index (χ0) is 14.5. The van der Waals surface area contributed by atoms with Crippen molar-refractivity contribution in [1.82, 2.24) is 19.9 Å². The van der Waals surface area contributed by atoms with E-state index in [1.807, 2.05) is 18.5 Å². The Labute approximate surface area is 125 Å². The Morgan fingerprint density at radius 1 is 1.19 bits per heavy atom. The van der Waals surface area contributed by atoms with Crippen LogP contribution in [0.15, 0.2) is 43.1 Å². The molecule has 5 nitrogen and oxygen atoms in total. The van der Waals surface area contributed by atoms with Crippen LogP contribution in [0.4, 0.5) is 5.82 Å². The van der Waals surface area contributed by atoms with E-state index >= 15 is 0 Å². The largest absolute Gasteiger partial charge is 0.355 e. The maximum absolute atomic E-state index is 4.35. The fourth-order valence-electron chi connectivity index (χ4n) is 2.92. The minimum Gasteiger partial charge on any atom is -0.355 e. The molecule has 3 heterocycles. The summed E-state index contributed by atoms with van der Waals surface area (Å²) in [5.74, 6) is 1.00. The van der Waals surface area contributed by atoms with Crippen molar-refractivity contribution in [3.05, 3.63) is 48.7 Å². The highest BCUT2D eigenvalue weighted by Crippen LogP contribution is 2.20. The lowest BCUT2D eigenvalue weighted by Crippen LogP contribution is -2.46. The lowest BCUT2D eigenvalue weighted by Gasteiger charge is -2.38. The first-order valence-corrected chi connectivity index (χ1v) is 7.43. The maximum atomic E-state index is 4.35. The van der Waals surface area contributed by atoms with Crippen molar-refractivity contribution in [2.24, 2.45) is 0 Å². The van der Waals surface area contributed by atoms with E-state index in [1.165, 1.54) is 18.4 Å². The second-order valence-electron chi connectivity index (χ2n) is 5.57. The van der Waals surface area contributed by atoms with Gasteiger partial charge in [0.2, 0.25) is 0 Å². The third-order valence-electron chi connectivity index (χ3n) is 4.11. The summed E-state index contributed by atoms with van der Waals surface area (Å²) < 4.78 is 0. The second kappa shape index (κ2) is 6.63. The van der Waals surface area contributed by atoms with Crippen molar-refractivity contribution >= 4 is 5.82 Å². The van der Waals surface area contributed by atoms with Crippen LogP contribution in [0.1, 0.15) is 18.4 Å². The molecule has 110 valence electrons. The molecule has 0 saturated carbocycles. The van der Waals surface area contributed by atoms with Crippen molar-refractivity contribution in [3.63, 3.8) is 0 Å². The van der Waals surface area contributed by atoms with Gasteiger partial charge in [-0.25, -0.2) is 9.97 Å². The molecule has 1 atom stereocenters. The van der Waals surface area contributed by atoms with Crippen LogP contribution in [0.5, 0.6) is 0 Å². The zero-order valence-corrected chi connectivity index (χ0v) is 12.4. The summed E-state index contributed by atoms with van der Waals surface area (Å²) in [6.45, 7) is 3.23. The number of aromatic nitrogens is 3. The number of pyridine rings is 1. The van der Waals surface area contributed by atoms with Crippen molar-refractivity contribution in [2.45, 2.75) is 25.4 Å². The van der Waals surface area contributed by atoms with E-state index < -0.39 is 0 Å². The van der Waals surface area contributed by atoms with E-state index in [2.05, 4.69) is 43.9 Å². The molecule has 2 aromatic heterocycles. The predicted octanol–water partition coefficient (Wildman–Crippen LogP) is 1.97. The van der Waals surface area contributed by atoms with Crippen LogP contribution >= 0.6 is 0 Å². The predicted molar refractivity (Wildman–Crippen MR) is 83.0 cm³/mol. The molecule has 5 heteroatoms. The summed E-state index contributed by atoms with van der Waals surface area (Å²) in [5.41, 5.74) is 1.33. The molecule has 1 fully saturated rings. The van der Waals surface area contributed by atoms with Crippen LogP contribution in [0.25, 0.3) is 0 Å². The van der Waals surface area contributed by atoms with Crippen LogP contribution in [0.3, 0.4) is 0 Å². The molecule has 1 aliphatic heterocycles. The van der Waals surface area contributed by atoms with Crippen LogP contribution in [-0.2, 0) is 6.54 Å². The fourth-order valence-corrected chi connectivity index (χ4v) is 2.92. The van der Waals surface area contributed by atoms with Gasteiger partial charge in [-0.2, -0.15) is 0 Å². The number of likely N-dealkylation sites (N-methyl/N-ethyl adjacent to an activating group) is 1. The molecule has 0 radical (unpaired) electrons. The van der Waals surface area contributed by atoms with Crippen LogP contribution < -0.4 is 4.90 Å². The first kappa shape index (κ1) is 13.9. The van der Waals surface area contributed by atoms with Crippen molar-refractivity contribution in [1.29, 1.82) is 0 Å². The van der Waals surface area contributed by atoms with Gasteiger partial charge < -0.3 is 4.90 Å². The third kappa shape index (κ3) is 3.55. The number of rotatable bonds is 4. The molecule has 1 saturated heterocycles. The van der Waals surface area contributed by atoms with Gasteiger partial charge in [-0.1, -0.05) is 0 Å². The van der Waals surface area contributed by atoms with Crippen molar-refractivity contribution in [2.75, 3.05) is 25.0 Å². The van der Waals surface area contributed by atoms with E-state index in [1.54, 1.807) is 12.5 Å². The average Bonchev–Trinajstić information content (AvgIpc) is 2.56. The first-order valence-electron chi connectivity index (χ1n) is 7.43. The molecule has 0 amide bonds. The van der Waals surface area contributed by atoms with Gasteiger partial charge in [0.15, 0.2) is 0 Å². The lowest BCUT2D eigenvalue weighted by molar-refractivity contribution is 0.198. The van der Waals surface area contributed by atoms with Gasteiger partial charge in [-0.05, 0) is 43.1 Å². The van der Waals surface area contributed by atoms with Gasteiger partial charge in [0.05, 0.1) is 0 Å². The molecule has 3 rings (SSSR count). The zero-order valence-electron chi connectivity index (χ0n) is 12.4. The number of piperidine rings is 1. The molecule has 0 bridgehead atoms. The van der Waals surface area contributed by atoms with E-state index in [9.17, 15) is 0 Å². The van der Waals surface area contributed by atoms with Gasteiger partial charge in [-0.3, -0.25) is 9.88 Å². The smallest absolute Gasteiger partial charge is 0.131 e. The van der Waals surface area contributed by atoms with E-state index in [-0.39, 0.29) is 0 Å². The summed E-state index contributed by atoms with van der Waals surface area (Å²) in [6, 6.07) is 6.67. The second-order valence-corrected chi connectivity index (χ2v) is 5.57. The lowest BCUT2D eigenvalue weighted by atomic mass is 10.0. The van der Waals surface area contributed by atoms with Gasteiger partial charge >= 0.3 is 0 Å². The molecule has 0 aliphatic carbocycles. The SMILES string of the molecule is CN(c1ccncn1)C1CCCN(Cc2ccncc2)C1. The van der Waals surface area contributed by atoms with Crippen molar-refractivity contribution in [3.8, 4) is 0 Å². The van der Waals surface area contributed by atoms with Gasteiger partial charge in [-0.15, -0.1) is 0 Å². The van der Waals surface area contributed by atoms with Crippen molar-refractivity contribution < 1.29 is 0 Å². The van der Waals surface area contributed by atoms with Crippen LogP contribution in [0.2, 0.25) is 0 Å². The minimum atomic E-state index is 0.510. The normalized spacial score (nSPS) is 19.4. The first-order chi connectivity index (χ1) is 10.3. The third-order valence-corrected chi connectivity index (χ3v) is 4.11. The summed E-state index contributed by atoms with van der Waals surface area (Å²) in [4.78, 5) is 17.2. The highest BCUT2D eigenvalue weighted by Gasteiger charge is 2.23. The monoisotopic (exact) mass is 283 g/mol. The number of nitrogens with zero attached hydrogens (tertiary/aromatic N) is 5. The number of likely N-dealkylation sites (tertiary alicyclic amines) is 1. The Morgan fingerprint density at radius 3 is 2.76 bits per heavy atom. The Morgan fingerprint density at radius 2 is 2.00 bits per heavy atom. The quantitative estimate of drug-likeness (QED) is 0.858. The molecular weight excluding hydrogens is 262 g/mol. The molecule has 21 heavy (non-hydrogen) atoms. The molecule has 2 aromatic rings. The Bertz CT molecular complexity index is 545. The van der Waals surface area contributed by atoms with Crippen LogP contribution in [0, 0.1) is 0 Å². The van der Waals surface area contributed by atoms with Crippen LogP contribution in [-0.4, -0.2) is 46.0 Å². The number of anilines is 1. The number of hydrogen-bond donors (Lipinski definition) is 0. The highest BCUT2D eigenvalue weighted by molar-refractivity contribution is 5.37. The summed E-state index contributed by atoms with van der Waals surface area (Å²) in [5, 5.41) is 0. The molecule has 1 unspecified atom stereocenters. The fraction of sp³-hybridized carbons (Fsp3) is 0.438. The minimum absolute atomic E-state index is 0.510. The highest BCUT2D eigenvalue weighted by atomic mass is 15.2. The van der Waals surface area contributed by atoms with Gasteiger partial charge in [0.1, 0.15) is 12.1 Å². The number of hydrogen-bond acceptors (Lipinski definition) is 5. The van der Waals surface area contributed by atoms with E-state index in [0.29, 0.717) is 6.04 Å². The standard InChI is InChI=1S/C16H21N5/c1-20(16-6-9-18-13-19-16)15-3-2-10-21(12-15)11-14-4-7-17-8-5-14/h4-9,13,15H,2-3,10-12H2,1H3.